The van der Waals surface area contributed by atoms with Crippen molar-refractivity contribution in [3.63, 3.8) is 0 Å². The Kier molecular flexibility index (Phi) is 2.41. The highest BCUT2D eigenvalue weighted by atomic mass is 19.4. The molecule has 2 rings (SSSR count). The first-order chi connectivity index (χ1) is 7.87. The molecule has 0 atom stereocenters. The first kappa shape index (κ1) is 11.2. The molecule has 0 amide bonds. The summed E-state index contributed by atoms with van der Waals surface area (Å²) >= 11 is 0. The second kappa shape index (κ2) is 3.65. The SMILES string of the molecule is O=c1[nH]c(=O)c2cccc(OC(F)(F)F)c2[nH]1. The molecular formula is C9H5F3N2O3. The molecule has 5 nitrogen and oxygen atoms in total. The molecule has 17 heavy (non-hydrogen) atoms. The van der Waals surface area contributed by atoms with Crippen molar-refractivity contribution in [2.24, 2.45) is 0 Å². The third-order valence-electron chi connectivity index (χ3n) is 1.96. The van der Waals surface area contributed by atoms with Crippen LogP contribution in [-0.4, -0.2) is 16.3 Å². The Morgan fingerprint density at radius 2 is 1.82 bits per heavy atom. The maximum absolute atomic E-state index is 12.1. The van der Waals surface area contributed by atoms with Gasteiger partial charge in [0.25, 0.3) is 5.56 Å². The van der Waals surface area contributed by atoms with Gasteiger partial charge in [-0.3, -0.25) is 9.78 Å². The molecule has 1 heterocycles. The lowest BCUT2D eigenvalue weighted by molar-refractivity contribution is -0.274. The molecule has 0 unspecified atom stereocenters. The van der Waals surface area contributed by atoms with Gasteiger partial charge in [-0.1, -0.05) is 6.07 Å². The van der Waals surface area contributed by atoms with Crippen molar-refractivity contribution >= 4 is 10.9 Å². The van der Waals surface area contributed by atoms with E-state index in [1.165, 1.54) is 12.1 Å². The summed E-state index contributed by atoms with van der Waals surface area (Å²) in [6.45, 7) is 0. The predicted molar refractivity (Wildman–Crippen MR) is 51.9 cm³/mol. The fourth-order valence-electron chi connectivity index (χ4n) is 1.37. The van der Waals surface area contributed by atoms with Crippen molar-refractivity contribution in [3.05, 3.63) is 39.0 Å². The Balaban J connectivity index is 2.73. The van der Waals surface area contributed by atoms with Crippen molar-refractivity contribution in [1.29, 1.82) is 0 Å². The minimum Gasteiger partial charge on any atom is -0.404 e. The summed E-state index contributed by atoms with van der Waals surface area (Å²) in [4.78, 5) is 26.3. The predicted octanol–water partition coefficient (Wildman–Crippen LogP) is 1.12. The van der Waals surface area contributed by atoms with Crippen LogP contribution in [0.4, 0.5) is 13.2 Å². The number of para-hydroxylation sites is 1. The number of halogens is 3. The minimum absolute atomic E-state index is 0.0913. The van der Waals surface area contributed by atoms with Crippen LogP contribution in [0.5, 0.6) is 5.75 Å². The highest BCUT2D eigenvalue weighted by Gasteiger charge is 2.32. The molecule has 0 radical (unpaired) electrons. The van der Waals surface area contributed by atoms with Gasteiger partial charge in [0.2, 0.25) is 0 Å². The lowest BCUT2D eigenvalue weighted by Gasteiger charge is -2.10. The molecule has 2 aromatic rings. The smallest absolute Gasteiger partial charge is 0.404 e. The Bertz CT molecular complexity index is 671. The van der Waals surface area contributed by atoms with Gasteiger partial charge in [0.1, 0.15) is 0 Å². The number of nitrogens with one attached hydrogen (secondary N) is 2. The number of aromatic nitrogens is 2. The standard InChI is InChI=1S/C9H5F3N2O3/c10-9(11,12)17-5-3-1-2-4-6(5)13-8(16)14-7(4)15/h1-3H,(H2,13,14,15,16). The van der Waals surface area contributed by atoms with E-state index in [2.05, 4.69) is 9.72 Å². The van der Waals surface area contributed by atoms with Crippen LogP contribution in [-0.2, 0) is 0 Å². The molecule has 90 valence electrons. The van der Waals surface area contributed by atoms with E-state index in [1.54, 1.807) is 0 Å². The van der Waals surface area contributed by atoms with Gasteiger partial charge in [0.15, 0.2) is 5.75 Å². The summed E-state index contributed by atoms with van der Waals surface area (Å²) in [7, 11) is 0. The summed E-state index contributed by atoms with van der Waals surface area (Å²) in [6, 6.07) is 3.50. The van der Waals surface area contributed by atoms with Gasteiger partial charge < -0.3 is 9.72 Å². The van der Waals surface area contributed by atoms with Crippen molar-refractivity contribution in [1.82, 2.24) is 9.97 Å². The van der Waals surface area contributed by atoms with Crippen molar-refractivity contribution in [2.75, 3.05) is 0 Å². The van der Waals surface area contributed by atoms with Crippen LogP contribution in [0.2, 0.25) is 0 Å². The monoisotopic (exact) mass is 246 g/mol. The summed E-state index contributed by atoms with van der Waals surface area (Å²) in [5.41, 5.74) is -1.98. The Hall–Kier alpha value is -2.25. The topological polar surface area (TPSA) is 74.9 Å². The average molecular weight is 246 g/mol. The third kappa shape index (κ3) is 2.30. The molecule has 0 bridgehead atoms. The van der Waals surface area contributed by atoms with E-state index < -0.39 is 23.4 Å². The van der Waals surface area contributed by atoms with Gasteiger partial charge in [0.05, 0.1) is 10.9 Å². The second-order valence-corrected chi connectivity index (χ2v) is 3.13. The number of fused-ring (bicyclic) bond motifs is 1. The maximum atomic E-state index is 12.1. The normalized spacial score (nSPS) is 11.7. The van der Waals surface area contributed by atoms with E-state index in [9.17, 15) is 22.8 Å². The summed E-state index contributed by atoms with van der Waals surface area (Å²) in [6.07, 6.45) is -4.90. The molecule has 0 saturated carbocycles. The molecule has 8 heteroatoms. The van der Waals surface area contributed by atoms with Crippen LogP contribution in [0.3, 0.4) is 0 Å². The molecule has 0 saturated heterocycles. The van der Waals surface area contributed by atoms with Crippen LogP contribution in [0.1, 0.15) is 0 Å². The van der Waals surface area contributed by atoms with E-state index in [0.29, 0.717) is 0 Å². The first-order valence-electron chi connectivity index (χ1n) is 4.38. The number of rotatable bonds is 1. The van der Waals surface area contributed by atoms with Gasteiger partial charge in [-0.2, -0.15) is 0 Å². The zero-order chi connectivity index (χ0) is 12.6. The number of ether oxygens (including phenoxy) is 1. The Morgan fingerprint density at radius 1 is 1.12 bits per heavy atom. The van der Waals surface area contributed by atoms with Gasteiger partial charge in [-0.15, -0.1) is 13.2 Å². The molecule has 1 aromatic heterocycles. The first-order valence-corrected chi connectivity index (χ1v) is 4.38. The molecular weight excluding hydrogens is 241 g/mol. The fraction of sp³-hybridized carbons (Fsp3) is 0.111. The van der Waals surface area contributed by atoms with Gasteiger partial charge in [-0.05, 0) is 12.1 Å². The summed E-state index contributed by atoms with van der Waals surface area (Å²) in [5.74, 6) is -0.627. The van der Waals surface area contributed by atoms with E-state index in [-0.39, 0.29) is 10.9 Å². The number of alkyl halides is 3. The third-order valence-corrected chi connectivity index (χ3v) is 1.96. The summed E-state index contributed by atoms with van der Waals surface area (Å²) in [5, 5.41) is -0.0913. The van der Waals surface area contributed by atoms with Gasteiger partial charge in [-0.25, -0.2) is 4.79 Å². The van der Waals surface area contributed by atoms with Crippen LogP contribution >= 0.6 is 0 Å². The Morgan fingerprint density at radius 3 is 2.47 bits per heavy atom. The van der Waals surface area contributed by atoms with Crippen LogP contribution in [0.15, 0.2) is 27.8 Å². The minimum atomic E-state index is -4.90. The van der Waals surface area contributed by atoms with E-state index >= 15 is 0 Å². The number of H-pyrrole nitrogens is 2. The number of benzene rings is 1. The number of aromatic amines is 2. The lowest BCUT2D eigenvalue weighted by Crippen LogP contribution is -2.23. The zero-order valence-electron chi connectivity index (χ0n) is 8.09. The molecule has 0 fully saturated rings. The molecule has 0 spiro atoms. The molecule has 0 aliphatic rings. The van der Waals surface area contributed by atoms with Gasteiger partial charge >= 0.3 is 12.1 Å². The van der Waals surface area contributed by atoms with Crippen molar-refractivity contribution < 1.29 is 17.9 Å². The van der Waals surface area contributed by atoms with E-state index in [1.807, 2.05) is 4.98 Å². The van der Waals surface area contributed by atoms with E-state index in [4.69, 9.17) is 0 Å². The van der Waals surface area contributed by atoms with Gasteiger partial charge in [0, 0.05) is 0 Å². The Labute approximate surface area is 90.9 Å². The number of hydrogen-bond acceptors (Lipinski definition) is 3. The molecule has 0 aliphatic heterocycles. The van der Waals surface area contributed by atoms with Crippen molar-refractivity contribution in [2.45, 2.75) is 6.36 Å². The molecule has 2 N–H and O–H groups in total. The highest BCUT2D eigenvalue weighted by Crippen LogP contribution is 2.26. The lowest BCUT2D eigenvalue weighted by atomic mass is 10.2. The molecule has 0 aliphatic carbocycles. The summed E-state index contributed by atoms with van der Waals surface area (Å²) < 4.78 is 39.9. The van der Waals surface area contributed by atoms with Crippen LogP contribution in [0, 0.1) is 0 Å². The highest BCUT2D eigenvalue weighted by molar-refractivity contribution is 5.83. The van der Waals surface area contributed by atoms with Crippen LogP contribution in [0.25, 0.3) is 10.9 Å². The average Bonchev–Trinajstić information content (AvgIpc) is 2.17. The van der Waals surface area contributed by atoms with Crippen molar-refractivity contribution in [3.8, 4) is 5.75 Å². The second-order valence-electron chi connectivity index (χ2n) is 3.13. The van der Waals surface area contributed by atoms with Crippen LogP contribution < -0.4 is 16.0 Å². The largest absolute Gasteiger partial charge is 0.573 e. The van der Waals surface area contributed by atoms with E-state index in [0.717, 1.165) is 6.07 Å². The fourth-order valence-corrected chi connectivity index (χ4v) is 1.37. The number of hydrogen-bond donors (Lipinski definition) is 2. The molecule has 1 aromatic carbocycles. The quantitative estimate of drug-likeness (QED) is 0.791. The maximum Gasteiger partial charge on any atom is 0.573 e. The zero-order valence-corrected chi connectivity index (χ0v) is 8.09.